The minimum atomic E-state index is 1.23. The van der Waals surface area contributed by atoms with Crippen molar-refractivity contribution in [2.75, 3.05) is 0 Å². The standard InChI is InChI=1S/C16H29I/c1-5-9-13-14(10-6-2)15(11-7-3)16(17)12-8-4/h13H,5-12H2,1-4H3. The molecule has 0 aromatic rings. The molecular formula is C16H29I. The van der Waals surface area contributed by atoms with Crippen LogP contribution in [0.15, 0.2) is 20.8 Å². The first kappa shape index (κ1) is 17.2. The van der Waals surface area contributed by atoms with Crippen molar-refractivity contribution >= 4 is 22.6 Å². The van der Waals surface area contributed by atoms with Gasteiger partial charge in [-0.3, -0.25) is 0 Å². The number of rotatable bonds is 9. The van der Waals surface area contributed by atoms with Crippen LogP contribution in [-0.2, 0) is 0 Å². The molecule has 0 spiro atoms. The van der Waals surface area contributed by atoms with Gasteiger partial charge in [-0.15, -0.1) is 0 Å². The molecule has 1 heteroatoms. The normalized spacial score (nSPS) is 13.8. The average molecular weight is 348 g/mol. The highest BCUT2D eigenvalue weighted by Crippen LogP contribution is 2.30. The average Bonchev–Trinajstić information content (AvgIpc) is 2.32. The van der Waals surface area contributed by atoms with Crippen molar-refractivity contribution in [1.82, 2.24) is 0 Å². The highest BCUT2D eigenvalue weighted by molar-refractivity contribution is 14.1. The summed E-state index contributed by atoms with van der Waals surface area (Å²) >= 11 is 2.57. The molecule has 100 valence electrons. The Morgan fingerprint density at radius 1 is 0.824 bits per heavy atom. The van der Waals surface area contributed by atoms with Crippen LogP contribution in [0.4, 0.5) is 0 Å². The molecule has 0 nitrogen and oxygen atoms in total. The lowest BCUT2D eigenvalue weighted by Gasteiger charge is -2.14. The van der Waals surface area contributed by atoms with Crippen LogP contribution in [0.3, 0.4) is 0 Å². The van der Waals surface area contributed by atoms with Crippen LogP contribution in [-0.4, -0.2) is 0 Å². The third-order valence-corrected chi connectivity index (χ3v) is 4.07. The first-order valence-corrected chi connectivity index (χ1v) is 8.35. The first-order chi connectivity index (χ1) is 8.21. The second kappa shape index (κ2) is 11.3. The van der Waals surface area contributed by atoms with Crippen molar-refractivity contribution in [1.29, 1.82) is 0 Å². The van der Waals surface area contributed by atoms with Gasteiger partial charge in [0, 0.05) is 0 Å². The summed E-state index contributed by atoms with van der Waals surface area (Å²) in [5.41, 5.74) is 3.29. The van der Waals surface area contributed by atoms with E-state index in [1.54, 1.807) is 14.7 Å². The molecule has 0 fully saturated rings. The van der Waals surface area contributed by atoms with Crippen LogP contribution in [0.2, 0.25) is 0 Å². The van der Waals surface area contributed by atoms with E-state index in [1.165, 1.54) is 51.4 Å². The van der Waals surface area contributed by atoms with Crippen LogP contribution in [0.25, 0.3) is 0 Å². The number of unbranched alkanes of at least 4 members (excludes halogenated alkanes) is 1. The highest BCUT2D eigenvalue weighted by atomic mass is 127. The fraction of sp³-hybridized carbons (Fsp3) is 0.750. The largest absolute Gasteiger partial charge is 0.0810 e. The minimum Gasteiger partial charge on any atom is -0.0810 e. The molecule has 0 aromatic carbocycles. The van der Waals surface area contributed by atoms with Gasteiger partial charge in [0.2, 0.25) is 0 Å². The van der Waals surface area contributed by atoms with E-state index in [-0.39, 0.29) is 0 Å². The summed E-state index contributed by atoms with van der Waals surface area (Å²) in [5.74, 6) is 0. The van der Waals surface area contributed by atoms with Gasteiger partial charge in [0.15, 0.2) is 0 Å². The van der Waals surface area contributed by atoms with Gasteiger partial charge in [0.05, 0.1) is 0 Å². The van der Waals surface area contributed by atoms with Crippen LogP contribution in [0.5, 0.6) is 0 Å². The molecular weight excluding hydrogens is 319 g/mol. The maximum atomic E-state index is 2.57. The summed E-state index contributed by atoms with van der Waals surface area (Å²) in [7, 11) is 0. The zero-order chi connectivity index (χ0) is 13.1. The van der Waals surface area contributed by atoms with E-state index in [4.69, 9.17) is 0 Å². The topological polar surface area (TPSA) is 0 Å². The molecule has 0 aromatic heterocycles. The number of halogens is 1. The molecule has 0 amide bonds. The summed E-state index contributed by atoms with van der Waals surface area (Å²) in [4.78, 5) is 0. The highest BCUT2D eigenvalue weighted by Gasteiger charge is 2.08. The van der Waals surface area contributed by atoms with E-state index in [0.717, 1.165) is 0 Å². The molecule has 0 rings (SSSR count). The first-order valence-electron chi connectivity index (χ1n) is 7.27. The second-order valence-electron chi connectivity index (χ2n) is 4.65. The molecule has 0 aliphatic rings. The summed E-state index contributed by atoms with van der Waals surface area (Å²) in [6.07, 6.45) is 12.5. The van der Waals surface area contributed by atoms with Gasteiger partial charge in [0.25, 0.3) is 0 Å². The minimum absolute atomic E-state index is 1.23. The Morgan fingerprint density at radius 2 is 1.41 bits per heavy atom. The van der Waals surface area contributed by atoms with Gasteiger partial charge >= 0.3 is 0 Å². The van der Waals surface area contributed by atoms with Crippen LogP contribution in [0, 0.1) is 0 Å². The Kier molecular flexibility index (Phi) is 11.4. The Morgan fingerprint density at radius 3 is 1.88 bits per heavy atom. The molecule has 0 saturated heterocycles. The summed E-state index contributed by atoms with van der Waals surface area (Å²) < 4.78 is 1.60. The van der Waals surface area contributed by atoms with Crippen molar-refractivity contribution in [2.24, 2.45) is 0 Å². The van der Waals surface area contributed by atoms with Gasteiger partial charge in [-0.25, -0.2) is 0 Å². The summed E-state index contributed by atoms with van der Waals surface area (Å²) in [5, 5.41) is 0. The van der Waals surface area contributed by atoms with Gasteiger partial charge < -0.3 is 0 Å². The molecule has 0 heterocycles. The van der Waals surface area contributed by atoms with Crippen molar-refractivity contribution in [3.63, 3.8) is 0 Å². The van der Waals surface area contributed by atoms with Crippen molar-refractivity contribution < 1.29 is 0 Å². The van der Waals surface area contributed by atoms with Crippen LogP contribution >= 0.6 is 22.6 Å². The molecule has 0 unspecified atom stereocenters. The number of hydrogen-bond donors (Lipinski definition) is 0. The predicted octanol–water partition coefficient (Wildman–Crippen LogP) is 6.80. The van der Waals surface area contributed by atoms with Gasteiger partial charge in [-0.2, -0.15) is 0 Å². The maximum Gasteiger partial charge on any atom is -0.00595 e. The molecule has 0 aliphatic carbocycles. The van der Waals surface area contributed by atoms with E-state index in [0.29, 0.717) is 0 Å². The van der Waals surface area contributed by atoms with E-state index < -0.39 is 0 Å². The monoisotopic (exact) mass is 348 g/mol. The summed E-state index contributed by atoms with van der Waals surface area (Å²) in [6.45, 7) is 9.12. The van der Waals surface area contributed by atoms with E-state index in [9.17, 15) is 0 Å². The smallest absolute Gasteiger partial charge is 0.00595 e. The Bertz CT molecular complexity index is 248. The SMILES string of the molecule is CCCC=C(CCC)C(CCC)=C(I)CCC. The third-order valence-electron chi connectivity index (χ3n) is 2.88. The molecule has 0 N–H and O–H groups in total. The molecule has 17 heavy (non-hydrogen) atoms. The lowest BCUT2D eigenvalue weighted by molar-refractivity contribution is 0.823. The molecule has 0 bridgehead atoms. The van der Waals surface area contributed by atoms with Gasteiger partial charge in [-0.05, 0) is 63.0 Å². The quantitative estimate of drug-likeness (QED) is 0.317. The lowest BCUT2D eigenvalue weighted by Crippen LogP contribution is -1.94. The molecule has 0 atom stereocenters. The zero-order valence-corrected chi connectivity index (χ0v) is 14.3. The predicted molar refractivity (Wildman–Crippen MR) is 88.8 cm³/mol. The molecule has 0 saturated carbocycles. The summed E-state index contributed by atoms with van der Waals surface area (Å²) in [6, 6.07) is 0. The fourth-order valence-electron chi connectivity index (χ4n) is 2.05. The maximum absolute atomic E-state index is 2.57. The molecule has 0 radical (unpaired) electrons. The Hall–Kier alpha value is 0.210. The van der Waals surface area contributed by atoms with Crippen molar-refractivity contribution in [3.05, 3.63) is 20.8 Å². The van der Waals surface area contributed by atoms with E-state index >= 15 is 0 Å². The number of allylic oxidation sites excluding steroid dienone is 4. The lowest BCUT2D eigenvalue weighted by atomic mass is 9.95. The number of hydrogen-bond acceptors (Lipinski definition) is 0. The van der Waals surface area contributed by atoms with Crippen LogP contribution in [0.1, 0.15) is 79.1 Å². The van der Waals surface area contributed by atoms with Gasteiger partial charge in [-0.1, -0.05) is 59.5 Å². The fourth-order valence-corrected chi connectivity index (χ4v) is 3.21. The van der Waals surface area contributed by atoms with Crippen molar-refractivity contribution in [3.8, 4) is 0 Å². The second-order valence-corrected chi connectivity index (χ2v) is 5.95. The zero-order valence-electron chi connectivity index (χ0n) is 12.1. The van der Waals surface area contributed by atoms with E-state index in [1.807, 2.05) is 0 Å². The van der Waals surface area contributed by atoms with E-state index in [2.05, 4.69) is 56.4 Å². The third kappa shape index (κ3) is 7.28. The van der Waals surface area contributed by atoms with Crippen LogP contribution < -0.4 is 0 Å². The Labute approximate surface area is 122 Å². The van der Waals surface area contributed by atoms with Crippen molar-refractivity contribution in [2.45, 2.75) is 79.1 Å². The van der Waals surface area contributed by atoms with Gasteiger partial charge in [0.1, 0.15) is 0 Å². The Balaban J connectivity index is 5.00. The molecule has 0 aliphatic heterocycles.